The number of methoxy groups -OCH3 is 1. The van der Waals surface area contributed by atoms with E-state index in [2.05, 4.69) is 0 Å². The Balaban J connectivity index is 2.09. The van der Waals surface area contributed by atoms with E-state index in [0.717, 1.165) is 42.9 Å². The molecular weight excluding hydrogens is 242 g/mol. The highest BCUT2D eigenvalue weighted by atomic mass is 16.5. The fourth-order valence-electron chi connectivity index (χ4n) is 2.35. The molecular formula is C15H23NO3. The molecule has 1 saturated heterocycles. The zero-order valence-corrected chi connectivity index (χ0v) is 11.7. The first-order valence-corrected chi connectivity index (χ1v) is 6.86. The number of ether oxygens (including phenoxy) is 3. The van der Waals surface area contributed by atoms with E-state index >= 15 is 0 Å². The van der Waals surface area contributed by atoms with Crippen LogP contribution in [0.3, 0.4) is 0 Å². The Kier molecular flexibility index (Phi) is 5.05. The zero-order valence-electron chi connectivity index (χ0n) is 11.7. The van der Waals surface area contributed by atoms with Gasteiger partial charge in [0.05, 0.1) is 13.2 Å². The van der Waals surface area contributed by atoms with Crippen molar-refractivity contribution in [3.8, 4) is 11.5 Å². The van der Waals surface area contributed by atoms with Gasteiger partial charge in [-0.2, -0.15) is 0 Å². The Labute approximate surface area is 114 Å². The van der Waals surface area contributed by atoms with Crippen molar-refractivity contribution in [2.75, 3.05) is 20.3 Å². The molecule has 2 atom stereocenters. The van der Waals surface area contributed by atoms with Crippen molar-refractivity contribution < 1.29 is 14.2 Å². The Hall–Kier alpha value is -1.26. The summed E-state index contributed by atoms with van der Waals surface area (Å²) in [4.78, 5) is 0. The second kappa shape index (κ2) is 6.78. The largest absolute Gasteiger partial charge is 0.493 e. The number of para-hydroxylation sites is 1. The van der Waals surface area contributed by atoms with Gasteiger partial charge in [0.15, 0.2) is 11.5 Å². The third-order valence-electron chi connectivity index (χ3n) is 3.26. The lowest BCUT2D eigenvalue weighted by molar-refractivity contribution is 0.0666. The van der Waals surface area contributed by atoms with Gasteiger partial charge in [-0.3, -0.25) is 0 Å². The van der Waals surface area contributed by atoms with Gasteiger partial charge in [0, 0.05) is 12.6 Å². The molecule has 4 heteroatoms. The summed E-state index contributed by atoms with van der Waals surface area (Å²) in [7, 11) is 1.66. The minimum atomic E-state index is 0.0946. The minimum Gasteiger partial charge on any atom is -0.493 e. The van der Waals surface area contributed by atoms with Crippen molar-refractivity contribution in [2.45, 2.75) is 38.3 Å². The number of hydrogen-bond donors (Lipinski definition) is 1. The van der Waals surface area contributed by atoms with Crippen molar-refractivity contribution in [1.82, 2.24) is 0 Å². The standard InChI is InChI=1S/C15H23NO3/c1-11(16)9-12-5-3-7-14(17-2)15(12)19-10-13-6-4-8-18-13/h3,5,7,11,13H,4,6,8-10,16H2,1-2H3. The molecule has 0 bridgehead atoms. The van der Waals surface area contributed by atoms with Crippen molar-refractivity contribution >= 4 is 0 Å². The molecule has 106 valence electrons. The Morgan fingerprint density at radius 2 is 2.32 bits per heavy atom. The molecule has 4 nitrogen and oxygen atoms in total. The average molecular weight is 265 g/mol. The fraction of sp³-hybridized carbons (Fsp3) is 0.600. The van der Waals surface area contributed by atoms with Gasteiger partial charge in [-0.05, 0) is 37.8 Å². The summed E-state index contributed by atoms with van der Waals surface area (Å²) < 4.78 is 16.9. The van der Waals surface area contributed by atoms with Gasteiger partial charge in [0.25, 0.3) is 0 Å². The number of benzene rings is 1. The second-order valence-electron chi connectivity index (χ2n) is 5.08. The maximum Gasteiger partial charge on any atom is 0.164 e. The van der Waals surface area contributed by atoms with Crippen LogP contribution in [0.15, 0.2) is 18.2 Å². The molecule has 0 aliphatic carbocycles. The predicted molar refractivity (Wildman–Crippen MR) is 74.8 cm³/mol. The van der Waals surface area contributed by atoms with Gasteiger partial charge >= 0.3 is 0 Å². The Morgan fingerprint density at radius 1 is 1.47 bits per heavy atom. The lowest BCUT2D eigenvalue weighted by Gasteiger charge is -2.18. The molecule has 0 amide bonds. The molecule has 0 radical (unpaired) electrons. The molecule has 1 aromatic carbocycles. The fourth-order valence-corrected chi connectivity index (χ4v) is 2.35. The van der Waals surface area contributed by atoms with Crippen LogP contribution in [0.5, 0.6) is 11.5 Å². The predicted octanol–water partition coefficient (Wildman–Crippen LogP) is 2.14. The van der Waals surface area contributed by atoms with E-state index in [-0.39, 0.29) is 12.1 Å². The Morgan fingerprint density at radius 3 is 2.95 bits per heavy atom. The van der Waals surface area contributed by atoms with E-state index in [4.69, 9.17) is 19.9 Å². The lowest BCUT2D eigenvalue weighted by Crippen LogP contribution is -2.20. The molecule has 0 aromatic heterocycles. The topological polar surface area (TPSA) is 53.7 Å². The van der Waals surface area contributed by atoms with Gasteiger partial charge < -0.3 is 19.9 Å². The number of rotatable bonds is 6. The minimum absolute atomic E-state index is 0.0946. The first-order chi connectivity index (χ1) is 9.20. The van der Waals surface area contributed by atoms with Crippen LogP contribution in [0, 0.1) is 0 Å². The molecule has 2 N–H and O–H groups in total. The molecule has 0 saturated carbocycles. The highest BCUT2D eigenvalue weighted by Gasteiger charge is 2.18. The molecule has 1 aliphatic rings. The van der Waals surface area contributed by atoms with Crippen LogP contribution >= 0.6 is 0 Å². The molecule has 1 aliphatic heterocycles. The van der Waals surface area contributed by atoms with Gasteiger partial charge in [0.1, 0.15) is 6.61 Å². The second-order valence-corrected chi connectivity index (χ2v) is 5.08. The van der Waals surface area contributed by atoms with Gasteiger partial charge in [0.2, 0.25) is 0 Å². The molecule has 0 spiro atoms. The van der Waals surface area contributed by atoms with E-state index in [0.29, 0.717) is 6.61 Å². The first kappa shape index (κ1) is 14.2. The maximum atomic E-state index is 5.94. The Bertz CT molecular complexity index is 400. The summed E-state index contributed by atoms with van der Waals surface area (Å²) in [6, 6.07) is 6.01. The summed E-state index contributed by atoms with van der Waals surface area (Å²) in [5.74, 6) is 1.56. The lowest BCUT2D eigenvalue weighted by atomic mass is 10.1. The molecule has 2 unspecified atom stereocenters. The van der Waals surface area contributed by atoms with Crippen molar-refractivity contribution in [3.63, 3.8) is 0 Å². The smallest absolute Gasteiger partial charge is 0.164 e. The monoisotopic (exact) mass is 265 g/mol. The summed E-state index contributed by atoms with van der Waals surface area (Å²) in [6.07, 6.45) is 3.16. The summed E-state index contributed by atoms with van der Waals surface area (Å²) >= 11 is 0. The molecule has 1 fully saturated rings. The normalized spacial score (nSPS) is 20.3. The first-order valence-electron chi connectivity index (χ1n) is 6.86. The number of hydrogen-bond acceptors (Lipinski definition) is 4. The van der Waals surface area contributed by atoms with E-state index < -0.39 is 0 Å². The highest BCUT2D eigenvalue weighted by molar-refractivity contribution is 5.47. The number of nitrogens with two attached hydrogens (primary N) is 1. The molecule has 2 rings (SSSR count). The SMILES string of the molecule is COc1cccc(CC(C)N)c1OCC1CCCO1. The van der Waals surface area contributed by atoms with Crippen LogP contribution < -0.4 is 15.2 Å². The highest BCUT2D eigenvalue weighted by Crippen LogP contribution is 2.32. The zero-order chi connectivity index (χ0) is 13.7. The van der Waals surface area contributed by atoms with Crippen LogP contribution in [0.25, 0.3) is 0 Å². The van der Waals surface area contributed by atoms with Crippen LogP contribution in [-0.4, -0.2) is 32.5 Å². The van der Waals surface area contributed by atoms with Gasteiger partial charge in [-0.25, -0.2) is 0 Å². The summed E-state index contributed by atoms with van der Waals surface area (Å²) in [5.41, 5.74) is 6.97. The van der Waals surface area contributed by atoms with Crippen LogP contribution in [-0.2, 0) is 11.2 Å². The van der Waals surface area contributed by atoms with Crippen LogP contribution in [0.1, 0.15) is 25.3 Å². The quantitative estimate of drug-likeness (QED) is 0.856. The third kappa shape index (κ3) is 3.85. The third-order valence-corrected chi connectivity index (χ3v) is 3.26. The molecule has 1 heterocycles. The van der Waals surface area contributed by atoms with E-state index in [1.165, 1.54) is 0 Å². The van der Waals surface area contributed by atoms with Crippen LogP contribution in [0.4, 0.5) is 0 Å². The summed E-state index contributed by atoms with van der Waals surface area (Å²) in [5, 5.41) is 0. The average Bonchev–Trinajstić information content (AvgIpc) is 2.89. The molecule has 19 heavy (non-hydrogen) atoms. The molecule has 1 aromatic rings. The van der Waals surface area contributed by atoms with Gasteiger partial charge in [-0.15, -0.1) is 0 Å². The van der Waals surface area contributed by atoms with E-state index in [9.17, 15) is 0 Å². The van der Waals surface area contributed by atoms with Crippen molar-refractivity contribution in [1.29, 1.82) is 0 Å². The van der Waals surface area contributed by atoms with E-state index in [1.54, 1.807) is 7.11 Å². The van der Waals surface area contributed by atoms with Crippen LogP contribution in [0.2, 0.25) is 0 Å². The van der Waals surface area contributed by atoms with E-state index in [1.807, 2.05) is 25.1 Å². The van der Waals surface area contributed by atoms with Crippen molar-refractivity contribution in [2.24, 2.45) is 5.73 Å². The summed E-state index contributed by atoms with van der Waals surface area (Å²) in [6.45, 7) is 3.41. The van der Waals surface area contributed by atoms with Crippen molar-refractivity contribution in [3.05, 3.63) is 23.8 Å². The maximum absolute atomic E-state index is 5.94. The van der Waals surface area contributed by atoms with Gasteiger partial charge in [-0.1, -0.05) is 12.1 Å².